The molecule has 0 aliphatic heterocycles. The molecule has 0 fully saturated rings. The zero-order valence-electron chi connectivity index (χ0n) is 9.33. The molecular formula is C11H18BrNOS. The number of aryl methyl sites for hydroxylation is 1. The zero-order chi connectivity index (χ0) is 11.6. The smallest absolute Gasteiger partial charge is 0.0925 e. The van der Waals surface area contributed by atoms with Crippen LogP contribution in [0.15, 0.2) is 9.85 Å². The van der Waals surface area contributed by atoms with E-state index < -0.39 is 6.10 Å². The van der Waals surface area contributed by atoms with Crippen LogP contribution in [0, 0.1) is 18.8 Å². The minimum atomic E-state index is -0.440. The van der Waals surface area contributed by atoms with Gasteiger partial charge in [0.2, 0.25) is 0 Å². The van der Waals surface area contributed by atoms with Crippen LogP contribution in [0.2, 0.25) is 0 Å². The molecule has 1 aromatic heterocycles. The fraction of sp³-hybridized carbons (Fsp3) is 0.636. The van der Waals surface area contributed by atoms with Crippen molar-refractivity contribution in [3.8, 4) is 0 Å². The monoisotopic (exact) mass is 291 g/mol. The number of rotatable bonds is 4. The van der Waals surface area contributed by atoms with Gasteiger partial charge in [-0.25, -0.2) is 0 Å². The van der Waals surface area contributed by atoms with Crippen molar-refractivity contribution < 1.29 is 5.11 Å². The number of halogens is 1. The predicted octanol–water partition coefficient (Wildman–Crippen LogP) is 3.08. The summed E-state index contributed by atoms with van der Waals surface area (Å²) in [5.74, 6) is 0.529. The number of thiophene rings is 1. The second-order valence-electron chi connectivity index (χ2n) is 4.19. The van der Waals surface area contributed by atoms with Gasteiger partial charge in [-0.2, -0.15) is 0 Å². The largest absolute Gasteiger partial charge is 0.387 e. The lowest BCUT2D eigenvalue weighted by Gasteiger charge is -2.23. The van der Waals surface area contributed by atoms with Crippen LogP contribution in [0.5, 0.6) is 0 Å². The molecule has 4 heteroatoms. The molecule has 0 spiro atoms. The molecule has 2 atom stereocenters. The fourth-order valence-corrected chi connectivity index (χ4v) is 3.24. The summed E-state index contributed by atoms with van der Waals surface area (Å²) in [5, 5.41) is 10.2. The summed E-state index contributed by atoms with van der Waals surface area (Å²) in [6.07, 6.45) is -0.440. The quantitative estimate of drug-likeness (QED) is 0.896. The first-order chi connectivity index (χ1) is 6.97. The van der Waals surface area contributed by atoms with E-state index in [1.165, 1.54) is 5.56 Å². The highest BCUT2D eigenvalue weighted by Gasteiger charge is 2.24. The maximum absolute atomic E-state index is 10.2. The summed E-state index contributed by atoms with van der Waals surface area (Å²) >= 11 is 5.06. The van der Waals surface area contributed by atoms with Crippen LogP contribution in [0.1, 0.15) is 30.4 Å². The molecule has 0 bridgehead atoms. The van der Waals surface area contributed by atoms with E-state index in [1.807, 2.05) is 13.0 Å². The van der Waals surface area contributed by atoms with Gasteiger partial charge in [0, 0.05) is 10.8 Å². The van der Waals surface area contributed by atoms with Crippen molar-refractivity contribution >= 4 is 27.3 Å². The molecule has 2 unspecified atom stereocenters. The van der Waals surface area contributed by atoms with E-state index in [-0.39, 0.29) is 5.92 Å². The van der Waals surface area contributed by atoms with Crippen LogP contribution in [0.3, 0.4) is 0 Å². The average Bonchev–Trinajstić information content (AvgIpc) is 2.47. The molecule has 3 N–H and O–H groups in total. The van der Waals surface area contributed by atoms with Gasteiger partial charge >= 0.3 is 0 Å². The highest BCUT2D eigenvalue weighted by atomic mass is 79.9. The lowest BCUT2D eigenvalue weighted by molar-refractivity contribution is 0.0892. The zero-order valence-corrected chi connectivity index (χ0v) is 11.7. The van der Waals surface area contributed by atoms with Gasteiger partial charge in [0.15, 0.2) is 0 Å². The first-order valence-corrected chi connectivity index (χ1v) is 6.72. The van der Waals surface area contributed by atoms with E-state index in [0.717, 1.165) is 8.66 Å². The van der Waals surface area contributed by atoms with E-state index in [0.29, 0.717) is 12.5 Å². The van der Waals surface area contributed by atoms with Crippen LogP contribution in [-0.2, 0) is 0 Å². The molecule has 0 radical (unpaired) electrons. The number of hydrogen-bond donors (Lipinski definition) is 2. The van der Waals surface area contributed by atoms with E-state index >= 15 is 0 Å². The number of aliphatic hydroxyl groups excluding tert-OH is 1. The van der Waals surface area contributed by atoms with Gasteiger partial charge < -0.3 is 10.8 Å². The van der Waals surface area contributed by atoms with Gasteiger partial charge in [-0.1, -0.05) is 13.8 Å². The maximum atomic E-state index is 10.2. The Bertz CT molecular complexity index is 305. The molecule has 1 rings (SSSR count). The molecular weight excluding hydrogens is 274 g/mol. The van der Waals surface area contributed by atoms with Gasteiger partial charge in [-0.3, -0.25) is 0 Å². The van der Waals surface area contributed by atoms with Crippen LogP contribution in [-0.4, -0.2) is 11.7 Å². The Morgan fingerprint density at radius 1 is 1.53 bits per heavy atom. The Balaban J connectivity index is 2.87. The summed E-state index contributed by atoms with van der Waals surface area (Å²) < 4.78 is 1.09. The lowest BCUT2D eigenvalue weighted by Crippen LogP contribution is -2.26. The second kappa shape index (κ2) is 5.43. The summed E-state index contributed by atoms with van der Waals surface area (Å²) in [6, 6.07) is 2.03. The topological polar surface area (TPSA) is 46.2 Å². The Labute approximate surface area is 104 Å². The number of aliphatic hydroxyl groups is 1. The third-order valence-corrected chi connectivity index (χ3v) is 4.91. The van der Waals surface area contributed by atoms with Crippen molar-refractivity contribution in [1.29, 1.82) is 0 Å². The van der Waals surface area contributed by atoms with Crippen LogP contribution >= 0.6 is 27.3 Å². The first-order valence-electron chi connectivity index (χ1n) is 5.11. The van der Waals surface area contributed by atoms with E-state index in [1.54, 1.807) is 11.3 Å². The van der Waals surface area contributed by atoms with E-state index in [9.17, 15) is 5.11 Å². The van der Waals surface area contributed by atoms with Gasteiger partial charge in [0.25, 0.3) is 0 Å². The van der Waals surface area contributed by atoms with Crippen LogP contribution < -0.4 is 5.73 Å². The summed E-state index contributed by atoms with van der Waals surface area (Å²) in [4.78, 5) is 1.00. The Morgan fingerprint density at radius 3 is 2.47 bits per heavy atom. The van der Waals surface area contributed by atoms with Crippen molar-refractivity contribution in [2.45, 2.75) is 26.9 Å². The summed E-state index contributed by atoms with van der Waals surface area (Å²) in [6.45, 7) is 6.74. The van der Waals surface area contributed by atoms with E-state index in [4.69, 9.17) is 5.73 Å². The molecule has 15 heavy (non-hydrogen) atoms. The number of hydrogen-bond acceptors (Lipinski definition) is 3. The molecule has 2 nitrogen and oxygen atoms in total. The van der Waals surface area contributed by atoms with E-state index in [2.05, 4.69) is 29.8 Å². The maximum Gasteiger partial charge on any atom is 0.0925 e. The van der Waals surface area contributed by atoms with Gasteiger partial charge in [0.05, 0.1) is 9.89 Å². The molecule has 0 saturated carbocycles. The Morgan fingerprint density at radius 2 is 2.13 bits per heavy atom. The highest BCUT2D eigenvalue weighted by Crippen LogP contribution is 2.36. The van der Waals surface area contributed by atoms with Crippen molar-refractivity contribution in [1.82, 2.24) is 0 Å². The summed E-state index contributed by atoms with van der Waals surface area (Å²) in [7, 11) is 0. The standard InChI is InChI=1S/C11H18BrNOS/c1-6(2)8(5-13)10(14)9-4-7(3)11(12)15-9/h4,6,8,10,14H,5,13H2,1-3H3. The third-order valence-electron chi connectivity index (χ3n) is 2.70. The average molecular weight is 292 g/mol. The van der Waals surface area contributed by atoms with Crippen molar-refractivity contribution in [2.75, 3.05) is 6.54 Å². The normalized spacial score (nSPS) is 15.7. The molecule has 0 saturated heterocycles. The fourth-order valence-electron chi connectivity index (χ4n) is 1.61. The molecule has 0 amide bonds. The SMILES string of the molecule is Cc1cc(C(O)C(CN)C(C)C)sc1Br. The van der Waals surface area contributed by atoms with Gasteiger partial charge in [-0.15, -0.1) is 11.3 Å². The molecule has 1 heterocycles. The molecule has 1 aromatic rings. The minimum absolute atomic E-state index is 0.134. The first kappa shape index (κ1) is 13.2. The highest BCUT2D eigenvalue weighted by molar-refractivity contribution is 9.11. The Hall–Kier alpha value is 0.100. The third kappa shape index (κ3) is 3.03. The Kier molecular flexibility index (Phi) is 4.77. The molecule has 0 aliphatic carbocycles. The molecule has 86 valence electrons. The second-order valence-corrected chi connectivity index (χ2v) is 6.60. The van der Waals surface area contributed by atoms with Gasteiger partial charge in [0.1, 0.15) is 0 Å². The van der Waals surface area contributed by atoms with Crippen LogP contribution in [0.25, 0.3) is 0 Å². The number of nitrogens with two attached hydrogens (primary N) is 1. The molecule has 0 aliphatic rings. The minimum Gasteiger partial charge on any atom is -0.387 e. The van der Waals surface area contributed by atoms with Crippen LogP contribution in [0.4, 0.5) is 0 Å². The summed E-state index contributed by atoms with van der Waals surface area (Å²) in [5.41, 5.74) is 6.86. The van der Waals surface area contributed by atoms with Crippen molar-refractivity contribution in [2.24, 2.45) is 17.6 Å². The lowest BCUT2D eigenvalue weighted by atomic mass is 9.89. The van der Waals surface area contributed by atoms with Gasteiger partial charge in [-0.05, 0) is 46.9 Å². The van der Waals surface area contributed by atoms with Crippen molar-refractivity contribution in [3.63, 3.8) is 0 Å². The predicted molar refractivity (Wildman–Crippen MR) is 69.1 cm³/mol. The van der Waals surface area contributed by atoms with Crippen molar-refractivity contribution in [3.05, 3.63) is 20.3 Å². The molecule has 0 aromatic carbocycles.